The van der Waals surface area contributed by atoms with Crippen molar-refractivity contribution < 1.29 is 36.6 Å². The summed E-state index contributed by atoms with van der Waals surface area (Å²) >= 11 is 0. The third kappa shape index (κ3) is 5.70. The third-order valence-electron chi connectivity index (χ3n) is 5.51. The van der Waals surface area contributed by atoms with Crippen LogP contribution in [0.15, 0.2) is 0 Å². The summed E-state index contributed by atoms with van der Waals surface area (Å²) in [6.07, 6.45) is -0.587. The SMILES string of the molecule is CC(=O)N[C@@H](C)COC1CCC(Oc2nc3c(C#N)c(F)c(OCC(F)F)c(F)c3n2C)CC1. The molecule has 1 aliphatic rings. The van der Waals surface area contributed by atoms with E-state index >= 15 is 0 Å². The zero-order valence-electron chi connectivity index (χ0n) is 19.0. The highest BCUT2D eigenvalue weighted by molar-refractivity contribution is 5.85. The van der Waals surface area contributed by atoms with E-state index in [0.717, 1.165) is 0 Å². The maximum atomic E-state index is 15.0. The Kier molecular flexibility index (Phi) is 8.19. The Morgan fingerprint density at radius 1 is 1.21 bits per heavy atom. The second-order valence-electron chi connectivity index (χ2n) is 8.25. The quantitative estimate of drug-likeness (QED) is 0.544. The molecule has 8 nitrogen and oxygen atoms in total. The standard InChI is InChI=1S/C22H26F4N4O4/c1-11(28-12(2)31)9-32-13-4-6-14(7-5-13)34-22-29-19-15(8-27)17(25)21(33-10-16(23)24)18(26)20(19)30(22)3/h11,13-14,16H,4-7,9-10H2,1-3H3,(H,28,31)/t11-,13?,14?/m0/s1. The number of alkyl halides is 2. The van der Waals surface area contributed by atoms with Crippen LogP contribution in [0.3, 0.4) is 0 Å². The molecule has 0 spiro atoms. The second-order valence-corrected chi connectivity index (χ2v) is 8.25. The number of benzene rings is 1. The molecule has 0 radical (unpaired) electrons. The third-order valence-corrected chi connectivity index (χ3v) is 5.51. The highest BCUT2D eigenvalue weighted by Gasteiger charge is 2.29. The Labute approximate surface area is 193 Å². The van der Waals surface area contributed by atoms with E-state index in [0.29, 0.717) is 32.3 Å². The van der Waals surface area contributed by atoms with Crippen LogP contribution in [0, 0.1) is 23.0 Å². The van der Waals surface area contributed by atoms with Crippen LogP contribution in [-0.4, -0.2) is 53.3 Å². The van der Waals surface area contributed by atoms with Gasteiger partial charge in [0.1, 0.15) is 35.4 Å². The number of aromatic nitrogens is 2. The molecule has 1 aromatic carbocycles. The molecule has 3 rings (SSSR count). The first-order valence-electron chi connectivity index (χ1n) is 10.9. The topological polar surface area (TPSA) is 98.4 Å². The number of ether oxygens (including phenoxy) is 3. The van der Waals surface area contributed by atoms with Crippen molar-refractivity contribution in [2.45, 2.75) is 64.2 Å². The van der Waals surface area contributed by atoms with Gasteiger partial charge in [-0.1, -0.05) is 0 Å². The number of hydrogen-bond donors (Lipinski definition) is 1. The van der Waals surface area contributed by atoms with Crippen LogP contribution >= 0.6 is 0 Å². The van der Waals surface area contributed by atoms with Gasteiger partial charge in [0.15, 0.2) is 17.4 Å². The van der Waals surface area contributed by atoms with E-state index in [1.165, 1.54) is 18.5 Å². The smallest absolute Gasteiger partial charge is 0.297 e. The van der Waals surface area contributed by atoms with E-state index in [4.69, 9.17) is 9.47 Å². The summed E-state index contributed by atoms with van der Waals surface area (Å²) in [7, 11) is 1.42. The molecule has 1 atom stereocenters. The van der Waals surface area contributed by atoms with Gasteiger partial charge in [0.2, 0.25) is 5.91 Å². The Hall–Kier alpha value is -3.07. The number of amides is 1. The van der Waals surface area contributed by atoms with Crippen LogP contribution in [0.4, 0.5) is 17.6 Å². The minimum Gasteiger partial charge on any atom is -0.481 e. The fourth-order valence-corrected chi connectivity index (χ4v) is 3.94. The van der Waals surface area contributed by atoms with Gasteiger partial charge in [-0.25, -0.2) is 17.6 Å². The molecule has 1 N–H and O–H groups in total. The van der Waals surface area contributed by atoms with Crippen LogP contribution in [-0.2, 0) is 16.6 Å². The van der Waals surface area contributed by atoms with Crippen molar-refractivity contribution in [2.75, 3.05) is 13.2 Å². The molecule has 1 saturated carbocycles. The summed E-state index contributed by atoms with van der Waals surface area (Å²) < 4.78 is 72.1. The van der Waals surface area contributed by atoms with Gasteiger partial charge in [0.05, 0.1) is 12.7 Å². The molecule has 0 saturated heterocycles. The zero-order valence-corrected chi connectivity index (χ0v) is 19.0. The molecule has 0 unspecified atom stereocenters. The summed E-state index contributed by atoms with van der Waals surface area (Å²) in [6.45, 7) is 2.46. The number of halogens is 4. The molecule has 1 aromatic heterocycles. The van der Waals surface area contributed by atoms with Crippen LogP contribution < -0.4 is 14.8 Å². The van der Waals surface area contributed by atoms with Crippen molar-refractivity contribution in [2.24, 2.45) is 7.05 Å². The van der Waals surface area contributed by atoms with Crippen molar-refractivity contribution in [3.8, 4) is 17.8 Å². The summed E-state index contributed by atoms with van der Waals surface area (Å²) in [5, 5.41) is 12.1. The Bertz CT molecular complexity index is 1080. The number of carbonyl (C=O) groups excluding carboxylic acids is 1. The van der Waals surface area contributed by atoms with E-state index in [1.54, 1.807) is 6.07 Å². The molecule has 186 valence electrons. The number of fused-ring (bicyclic) bond motifs is 1. The van der Waals surface area contributed by atoms with Gasteiger partial charge in [-0.15, -0.1) is 0 Å². The number of nitriles is 1. The average Bonchev–Trinajstić information content (AvgIpc) is 3.08. The molecule has 0 bridgehead atoms. The lowest BCUT2D eigenvalue weighted by Gasteiger charge is -2.29. The summed E-state index contributed by atoms with van der Waals surface area (Å²) in [5.74, 6) is -3.80. The molecule has 2 aromatic rings. The number of carbonyl (C=O) groups is 1. The van der Waals surface area contributed by atoms with E-state index in [1.807, 2.05) is 6.92 Å². The van der Waals surface area contributed by atoms with Crippen molar-refractivity contribution >= 4 is 16.9 Å². The molecular formula is C22H26F4N4O4. The summed E-state index contributed by atoms with van der Waals surface area (Å²) in [6, 6.07) is 1.46. The Morgan fingerprint density at radius 3 is 2.44 bits per heavy atom. The van der Waals surface area contributed by atoms with Gasteiger partial charge in [-0.05, 0) is 32.6 Å². The Morgan fingerprint density at radius 2 is 1.85 bits per heavy atom. The molecule has 1 fully saturated rings. The normalized spacial score (nSPS) is 19.1. The van der Waals surface area contributed by atoms with Gasteiger partial charge in [0.25, 0.3) is 12.4 Å². The van der Waals surface area contributed by atoms with Crippen molar-refractivity contribution in [1.29, 1.82) is 5.26 Å². The van der Waals surface area contributed by atoms with Crippen molar-refractivity contribution in [1.82, 2.24) is 14.9 Å². The maximum Gasteiger partial charge on any atom is 0.297 e. The lowest BCUT2D eigenvalue weighted by atomic mass is 9.95. The first kappa shape index (κ1) is 25.6. The minimum absolute atomic E-state index is 0.00257. The van der Waals surface area contributed by atoms with Crippen molar-refractivity contribution in [3.63, 3.8) is 0 Å². The van der Waals surface area contributed by atoms with Crippen LogP contribution in [0.2, 0.25) is 0 Å². The molecule has 12 heteroatoms. The van der Waals surface area contributed by atoms with Gasteiger partial charge in [-0.3, -0.25) is 9.36 Å². The van der Waals surface area contributed by atoms with Crippen LogP contribution in [0.1, 0.15) is 45.1 Å². The minimum atomic E-state index is -2.95. The first-order chi connectivity index (χ1) is 16.1. The van der Waals surface area contributed by atoms with E-state index in [9.17, 15) is 27.6 Å². The fraction of sp³-hybridized carbons (Fsp3) is 0.591. The first-order valence-corrected chi connectivity index (χ1v) is 10.9. The molecule has 34 heavy (non-hydrogen) atoms. The second kappa shape index (κ2) is 10.9. The largest absolute Gasteiger partial charge is 0.481 e. The molecule has 1 amide bonds. The predicted molar refractivity (Wildman–Crippen MR) is 113 cm³/mol. The predicted octanol–water partition coefficient (Wildman–Crippen LogP) is 3.60. The lowest BCUT2D eigenvalue weighted by molar-refractivity contribution is -0.120. The number of nitrogens with one attached hydrogen (secondary N) is 1. The summed E-state index contributed by atoms with van der Waals surface area (Å²) in [4.78, 5) is 15.2. The monoisotopic (exact) mass is 486 g/mol. The Balaban J connectivity index is 1.72. The number of aryl methyl sites for hydroxylation is 1. The van der Waals surface area contributed by atoms with Gasteiger partial charge < -0.3 is 19.5 Å². The molecule has 0 aliphatic heterocycles. The number of rotatable bonds is 9. The number of nitrogens with zero attached hydrogens (tertiary/aromatic N) is 3. The van der Waals surface area contributed by atoms with E-state index in [2.05, 4.69) is 15.0 Å². The van der Waals surface area contributed by atoms with E-state index in [-0.39, 0.29) is 41.2 Å². The maximum absolute atomic E-state index is 15.0. The average molecular weight is 486 g/mol. The zero-order chi connectivity index (χ0) is 25.0. The fourth-order valence-electron chi connectivity index (χ4n) is 3.94. The lowest BCUT2D eigenvalue weighted by Crippen LogP contribution is -2.37. The van der Waals surface area contributed by atoms with E-state index < -0.39 is 36.0 Å². The van der Waals surface area contributed by atoms with Gasteiger partial charge >= 0.3 is 0 Å². The number of hydrogen-bond acceptors (Lipinski definition) is 6. The van der Waals surface area contributed by atoms with Crippen LogP contribution in [0.25, 0.3) is 11.0 Å². The molecule has 1 aliphatic carbocycles. The molecule has 1 heterocycles. The summed E-state index contributed by atoms with van der Waals surface area (Å²) in [5.41, 5.74) is -1.17. The highest BCUT2D eigenvalue weighted by Crippen LogP contribution is 2.36. The molecular weight excluding hydrogens is 460 g/mol. The van der Waals surface area contributed by atoms with Gasteiger partial charge in [-0.2, -0.15) is 10.2 Å². The van der Waals surface area contributed by atoms with Crippen LogP contribution in [0.5, 0.6) is 11.8 Å². The van der Waals surface area contributed by atoms with Gasteiger partial charge in [0, 0.05) is 20.0 Å². The number of imidazole rings is 1. The van der Waals surface area contributed by atoms with Crippen molar-refractivity contribution in [3.05, 3.63) is 17.2 Å². The highest BCUT2D eigenvalue weighted by atomic mass is 19.3.